The van der Waals surface area contributed by atoms with Gasteiger partial charge in [-0.1, -0.05) is 24.3 Å². The third kappa shape index (κ3) is 7.90. The van der Waals surface area contributed by atoms with Crippen molar-refractivity contribution in [1.29, 1.82) is 10.8 Å². The molecule has 31 heavy (non-hydrogen) atoms. The van der Waals surface area contributed by atoms with Crippen molar-refractivity contribution in [3.8, 4) is 0 Å². The fourth-order valence-electron chi connectivity index (χ4n) is 2.64. The van der Waals surface area contributed by atoms with E-state index in [0.717, 1.165) is 23.4 Å². The molecule has 2 aromatic carbocycles. The van der Waals surface area contributed by atoms with Crippen molar-refractivity contribution in [2.24, 2.45) is 10.7 Å². The van der Waals surface area contributed by atoms with Crippen molar-refractivity contribution in [3.63, 3.8) is 0 Å². The maximum Gasteiger partial charge on any atom is 0.300 e. The molecule has 8 nitrogen and oxygen atoms in total. The second-order valence-electron chi connectivity index (χ2n) is 6.59. The number of hydrogen-bond donors (Lipinski definition) is 5. The van der Waals surface area contributed by atoms with Gasteiger partial charge >= 0.3 is 0 Å². The van der Waals surface area contributed by atoms with E-state index in [1.807, 2.05) is 30.3 Å². The summed E-state index contributed by atoms with van der Waals surface area (Å²) in [5, 5.41) is 24.4. The molecule has 0 fully saturated rings. The Hall–Kier alpha value is -4.33. The van der Waals surface area contributed by atoms with Crippen molar-refractivity contribution in [3.05, 3.63) is 84.1 Å². The minimum absolute atomic E-state index is 0. The quantitative estimate of drug-likeness (QED) is 0.242. The number of carboxylic acid groups (broad SMARTS) is 1. The standard InChI is InChI=1S/C21H20N6.C2H4O2.H2/c22-17-5-1-3-15(13-17)18(23)7-9-20(24)27-21(25)12-14-6-8-19-16(11-14)4-2-10-26-19;1-2(3)4;/h1-11,13,23H,12,22H2,(H3,24,25,27);1H3,(H,3,4);1H/b9-7-,23-18?;;. The number of rotatable bonds is 5. The molecule has 8 heteroatoms. The summed E-state index contributed by atoms with van der Waals surface area (Å²) in [6, 6.07) is 16.8. The molecule has 3 aromatic rings. The topological polar surface area (TPSA) is 162 Å². The number of hydrogen-bond acceptors (Lipinski definition) is 5. The lowest BCUT2D eigenvalue weighted by Gasteiger charge is -2.03. The lowest BCUT2D eigenvalue weighted by molar-refractivity contribution is -0.134. The molecule has 1 heterocycles. The second-order valence-corrected chi connectivity index (χ2v) is 6.59. The van der Waals surface area contributed by atoms with Gasteiger partial charge in [-0.05, 0) is 48.0 Å². The maximum absolute atomic E-state index is 9.00. The van der Waals surface area contributed by atoms with Crippen molar-refractivity contribution >= 4 is 39.9 Å². The SMILES string of the molecule is CC(=O)O.N=C(/C=C\C(=N)c1cccc(N)c1)N=C(N)Cc1ccc2ncccc2c1.[HH]. The van der Waals surface area contributed by atoms with Gasteiger partial charge in [-0.25, -0.2) is 4.99 Å². The zero-order valence-corrected chi connectivity index (χ0v) is 17.0. The van der Waals surface area contributed by atoms with Gasteiger partial charge in [0, 0.05) is 37.6 Å². The van der Waals surface area contributed by atoms with Crippen molar-refractivity contribution in [1.82, 2.24) is 4.98 Å². The summed E-state index contributed by atoms with van der Waals surface area (Å²) in [7, 11) is 0. The first-order valence-electron chi connectivity index (χ1n) is 9.32. The highest BCUT2D eigenvalue weighted by molar-refractivity contribution is 6.11. The number of amidine groups is 2. The van der Waals surface area contributed by atoms with E-state index in [1.54, 1.807) is 30.5 Å². The minimum atomic E-state index is -0.833. The van der Waals surface area contributed by atoms with Crippen LogP contribution in [0.3, 0.4) is 0 Å². The van der Waals surface area contributed by atoms with Gasteiger partial charge < -0.3 is 22.0 Å². The number of nitrogens with two attached hydrogens (primary N) is 2. The Balaban J connectivity index is 0.000000945. The fourth-order valence-corrected chi connectivity index (χ4v) is 2.64. The zero-order valence-electron chi connectivity index (χ0n) is 17.0. The Labute approximate surface area is 181 Å². The van der Waals surface area contributed by atoms with Crippen LogP contribution in [0, 0.1) is 10.8 Å². The molecule has 160 valence electrons. The van der Waals surface area contributed by atoms with Gasteiger partial charge in [-0.3, -0.25) is 15.2 Å². The van der Waals surface area contributed by atoms with Crippen molar-refractivity contribution in [2.45, 2.75) is 13.3 Å². The summed E-state index contributed by atoms with van der Waals surface area (Å²) < 4.78 is 0. The number of nitrogens with zero attached hydrogens (tertiary/aromatic N) is 2. The number of nitrogens with one attached hydrogen (secondary N) is 2. The predicted octanol–water partition coefficient (Wildman–Crippen LogP) is 3.66. The number of pyridine rings is 1. The van der Waals surface area contributed by atoms with E-state index < -0.39 is 5.97 Å². The molecule has 0 spiro atoms. The van der Waals surface area contributed by atoms with Gasteiger partial charge in [0.05, 0.1) is 11.2 Å². The number of carbonyl (C=O) groups is 1. The maximum atomic E-state index is 9.00. The van der Waals surface area contributed by atoms with E-state index in [-0.39, 0.29) is 13.0 Å². The highest BCUT2D eigenvalue weighted by Crippen LogP contribution is 2.13. The smallest absolute Gasteiger partial charge is 0.300 e. The van der Waals surface area contributed by atoms with Crippen molar-refractivity contribution in [2.75, 3.05) is 5.73 Å². The average molecular weight is 419 g/mol. The Morgan fingerprint density at radius 3 is 2.61 bits per heavy atom. The number of aliphatic carboxylic acids is 1. The first-order valence-corrected chi connectivity index (χ1v) is 9.32. The highest BCUT2D eigenvalue weighted by Gasteiger charge is 2.02. The second kappa shape index (κ2) is 11.0. The number of anilines is 1. The molecular weight excluding hydrogens is 392 g/mol. The van der Waals surface area contributed by atoms with E-state index in [2.05, 4.69) is 9.98 Å². The molecule has 0 saturated carbocycles. The summed E-state index contributed by atoms with van der Waals surface area (Å²) >= 11 is 0. The van der Waals surface area contributed by atoms with E-state index in [9.17, 15) is 0 Å². The monoisotopic (exact) mass is 418 g/mol. The van der Waals surface area contributed by atoms with Crippen LogP contribution in [0.1, 0.15) is 19.5 Å². The first kappa shape index (κ1) is 23.0. The summed E-state index contributed by atoms with van der Waals surface area (Å²) in [5.74, 6) is -0.507. The van der Waals surface area contributed by atoms with Crippen LogP contribution >= 0.6 is 0 Å². The Bertz CT molecular complexity index is 1170. The highest BCUT2D eigenvalue weighted by atomic mass is 16.4. The van der Waals surface area contributed by atoms with E-state index in [4.69, 9.17) is 32.2 Å². The summed E-state index contributed by atoms with van der Waals surface area (Å²) in [5.41, 5.74) is 15.1. The van der Waals surface area contributed by atoms with Crippen LogP contribution in [-0.4, -0.2) is 33.4 Å². The molecular formula is C23H26N6O2. The van der Waals surface area contributed by atoms with Gasteiger partial charge in [-0.2, -0.15) is 0 Å². The van der Waals surface area contributed by atoms with Gasteiger partial charge in [0.1, 0.15) is 11.7 Å². The minimum Gasteiger partial charge on any atom is -0.481 e. The number of allylic oxidation sites excluding steroid dienone is 1. The third-order valence-electron chi connectivity index (χ3n) is 3.92. The Morgan fingerprint density at radius 1 is 1.16 bits per heavy atom. The molecule has 0 aliphatic heterocycles. The molecule has 7 N–H and O–H groups in total. The predicted molar refractivity (Wildman–Crippen MR) is 127 cm³/mol. The lowest BCUT2D eigenvalue weighted by Crippen LogP contribution is -2.16. The molecule has 0 bridgehead atoms. The number of carboxylic acids is 1. The summed E-state index contributed by atoms with van der Waals surface area (Å²) in [6.07, 6.45) is 5.15. The summed E-state index contributed by atoms with van der Waals surface area (Å²) in [6.45, 7) is 1.08. The average Bonchev–Trinajstić information content (AvgIpc) is 2.71. The van der Waals surface area contributed by atoms with Gasteiger partial charge in [0.15, 0.2) is 0 Å². The molecule has 0 aliphatic carbocycles. The molecule has 0 saturated heterocycles. The van der Waals surface area contributed by atoms with Crippen molar-refractivity contribution < 1.29 is 11.3 Å². The lowest BCUT2D eigenvalue weighted by atomic mass is 10.1. The normalized spacial score (nSPS) is 11.1. The van der Waals surface area contributed by atoms with E-state index >= 15 is 0 Å². The van der Waals surface area contributed by atoms with Crippen LogP contribution in [0.15, 0.2) is 77.9 Å². The third-order valence-corrected chi connectivity index (χ3v) is 3.92. The molecule has 1 aromatic heterocycles. The molecule has 0 radical (unpaired) electrons. The fraction of sp³-hybridized carbons (Fsp3) is 0.0870. The molecule has 0 amide bonds. The number of nitrogen functional groups attached to an aromatic ring is 1. The Morgan fingerprint density at radius 2 is 1.90 bits per heavy atom. The number of benzene rings is 2. The van der Waals surface area contributed by atoms with Gasteiger partial charge in [0.2, 0.25) is 0 Å². The van der Waals surface area contributed by atoms with Crippen LogP contribution in [0.4, 0.5) is 5.69 Å². The van der Waals surface area contributed by atoms with Crippen LogP contribution in [0.2, 0.25) is 0 Å². The van der Waals surface area contributed by atoms with Crippen LogP contribution < -0.4 is 11.5 Å². The molecule has 0 atom stereocenters. The molecule has 3 rings (SSSR count). The number of aliphatic imine (C=N–C) groups is 1. The summed E-state index contributed by atoms with van der Waals surface area (Å²) in [4.78, 5) is 17.4. The van der Waals surface area contributed by atoms with Gasteiger partial charge in [-0.15, -0.1) is 0 Å². The number of aromatic nitrogens is 1. The molecule has 0 unspecified atom stereocenters. The largest absolute Gasteiger partial charge is 0.481 e. The number of fused-ring (bicyclic) bond motifs is 1. The first-order chi connectivity index (χ1) is 14.7. The Kier molecular flexibility index (Phi) is 8.15. The van der Waals surface area contributed by atoms with E-state index in [0.29, 0.717) is 23.5 Å². The zero-order chi connectivity index (χ0) is 22.8. The van der Waals surface area contributed by atoms with Crippen LogP contribution in [-0.2, 0) is 11.2 Å². The van der Waals surface area contributed by atoms with E-state index in [1.165, 1.54) is 12.2 Å². The van der Waals surface area contributed by atoms with Crippen LogP contribution in [0.5, 0.6) is 0 Å². The van der Waals surface area contributed by atoms with Gasteiger partial charge in [0.25, 0.3) is 5.97 Å². The van der Waals surface area contributed by atoms with Crippen LogP contribution in [0.25, 0.3) is 10.9 Å². The molecule has 0 aliphatic rings.